The van der Waals surface area contributed by atoms with Crippen molar-refractivity contribution in [1.29, 1.82) is 0 Å². The predicted molar refractivity (Wildman–Crippen MR) is 82.1 cm³/mol. The van der Waals surface area contributed by atoms with E-state index in [1.54, 1.807) is 18.2 Å². The van der Waals surface area contributed by atoms with Crippen LogP contribution >= 0.6 is 0 Å². The van der Waals surface area contributed by atoms with Crippen LogP contribution in [0.4, 0.5) is 4.39 Å². The number of aliphatic hydroxyl groups excluding tert-OH is 1. The molecule has 0 aliphatic carbocycles. The van der Waals surface area contributed by atoms with Gasteiger partial charge in [0.05, 0.1) is 25.9 Å². The molecule has 2 aromatic rings. The largest absolute Gasteiger partial charge is 0.389 e. The Morgan fingerprint density at radius 2 is 2.13 bits per heavy atom. The first kappa shape index (κ1) is 16.0. The summed E-state index contributed by atoms with van der Waals surface area (Å²) in [6.45, 7) is 5.13. The van der Waals surface area contributed by atoms with Crippen molar-refractivity contribution in [3.8, 4) is 0 Å². The SMILES string of the molecule is Cc1nnc2n1CCN(C[C@H](O)COCc1ccccc1F)C2. The number of benzene rings is 1. The fraction of sp³-hybridized carbons (Fsp3) is 0.500. The summed E-state index contributed by atoms with van der Waals surface area (Å²) in [4.78, 5) is 2.13. The Bertz CT molecular complexity index is 661. The second-order valence-corrected chi connectivity index (χ2v) is 5.81. The first-order chi connectivity index (χ1) is 11.1. The topological polar surface area (TPSA) is 63.4 Å². The van der Waals surface area contributed by atoms with Crippen molar-refractivity contribution < 1.29 is 14.2 Å². The minimum atomic E-state index is -0.614. The maximum absolute atomic E-state index is 13.5. The minimum Gasteiger partial charge on any atom is -0.389 e. The summed E-state index contributed by atoms with van der Waals surface area (Å²) >= 11 is 0. The number of fused-ring (bicyclic) bond motifs is 1. The molecule has 1 aliphatic rings. The number of aliphatic hydroxyl groups is 1. The van der Waals surface area contributed by atoms with Crippen molar-refractivity contribution in [2.24, 2.45) is 0 Å². The minimum absolute atomic E-state index is 0.164. The number of hydrogen-bond acceptors (Lipinski definition) is 5. The van der Waals surface area contributed by atoms with E-state index in [-0.39, 0.29) is 19.0 Å². The maximum atomic E-state index is 13.5. The van der Waals surface area contributed by atoms with Crippen molar-refractivity contribution >= 4 is 0 Å². The van der Waals surface area contributed by atoms with Gasteiger partial charge in [-0.1, -0.05) is 18.2 Å². The van der Waals surface area contributed by atoms with Crippen LogP contribution in [0.2, 0.25) is 0 Å². The van der Waals surface area contributed by atoms with Gasteiger partial charge in [0.1, 0.15) is 17.5 Å². The molecule has 1 atom stereocenters. The number of aryl methyl sites for hydroxylation is 1. The molecule has 0 fully saturated rings. The first-order valence-corrected chi connectivity index (χ1v) is 7.73. The summed E-state index contributed by atoms with van der Waals surface area (Å²) in [7, 11) is 0. The molecule has 0 amide bonds. The van der Waals surface area contributed by atoms with Crippen molar-refractivity contribution in [3.05, 3.63) is 47.3 Å². The molecule has 0 spiro atoms. The highest BCUT2D eigenvalue weighted by atomic mass is 19.1. The Morgan fingerprint density at radius 1 is 1.30 bits per heavy atom. The summed E-state index contributed by atoms with van der Waals surface area (Å²) in [5.74, 6) is 1.56. The molecular weight excluding hydrogens is 299 g/mol. The van der Waals surface area contributed by atoms with Gasteiger partial charge >= 0.3 is 0 Å². The van der Waals surface area contributed by atoms with E-state index in [9.17, 15) is 9.50 Å². The smallest absolute Gasteiger partial charge is 0.147 e. The van der Waals surface area contributed by atoms with Gasteiger partial charge in [-0.2, -0.15) is 0 Å². The van der Waals surface area contributed by atoms with Gasteiger partial charge in [0.25, 0.3) is 0 Å². The summed E-state index contributed by atoms with van der Waals surface area (Å²) in [6, 6.07) is 6.50. The average molecular weight is 320 g/mol. The molecule has 0 unspecified atom stereocenters. The van der Waals surface area contributed by atoms with Gasteiger partial charge in [-0.05, 0) is 13.0 Å². The van der Waals surface area contributed by atoms with E-state index in [1.165, 1.54) is 6.07 Å². The van der Waals surface area contributed by atoms with Crippen LogP contribution in [0.5, 0.6) is 0 Å². The van der Waals surface area contributed by atoms with Gasteiger partial charge in [-0.3, -0.25) is 4.90 Å². The van der Waals surface area contributed by atoms with Crippen LogP contribution in [-0.2, 0) is 24.4 Å². The molecule has 23 heavy (non-hydrogen) atoms. The highest BCUT2D eigenvalue weighted by Crippen LogP contribution is 2.12. The van der Waals surface area contributed by atoms with Crippen LogP contribution in [0, 0.1) is 12.7 Å². The van der Waals surface area contributed by atoms with E-state index in [2.05, 4.69) is 19.7 Å². The van der Waals surface area contributed by atoms with Crippen LogP contribution in [-0.4, -0.2) is 50.6 Å². The summed E-state index contributed by atoms with van der Waals surface area (Å²) in [5, 5.41) is 18.3. The molecule has 124 valence electrons. The number of rotatable bonds is 6. The molecular formula is C16H21FN4O2. The standard InChI is InChI=1S/C16H21FN4O2/c1-12-18-19-16-9-20(6-7-21(12)16)8-14(22)11-23-10-13-4-2-3-5-15(13)17/h2-5,14,22H,6-11H2,1H3/t14-/m0/s1. The third-order valence-corrected chi connectivity index (χ3v) is 4.01. The van der Waals surface area contributed by atoms with Crippen molar-refractivity contribution in [2.75, 3.05) is 19.7 Å². The monoisotopic (exact) mass is 320 g/mol. The summed E-state index contributed by atoms with van der Waals surface area (Å²) < 4.78 is 21.0. The zero-order valence-electron chi connectivity index (χ0n) is 13.2. The molecule has 1 aromatic carbocycles. The molecule has 7 heteroatoms. The number of β-amino-alcohol motifs (C(OH)–C–C–N with tert-alkyl or cyclic N) is 1. The number of nitrogens with zero attached hydrogens (tertiary/aromatic N) is 4. The highest BCUT2D eigenvalue weighted by Gasteiger charge is 2.21. The van der Waals surface area contributed by atoms with E-state index >= 15 is 0 Å². The molecule has 1 N–H and O–H groups in total. The van der Waals surface area contributed by atoms with Crippen LogP contribution in [0.3, 0.4) is 0 Å². The van der Waals surface area contributed by atoms with Crippen molar-refractivity contribution in [3.63, 3.8) is 0 Å². The van der Waals surface area contributed by atoms with E-state index < -0.39 is 6.10 Å². The average Bonchev–Trinajstić information content (AvgIpc) is 2.90. The van der Waals surface area contributed by atoms with Crippen LogP contribution in [0.15, 0.2) is 24.3 Å². The second-order valence-electron chi connectivity index (χ2n) is 5.81. The third kappa shape index (κ3) is 3.93. The number of halogens is 1. The van der Waals surface area contributed by atoms with Crippen LogP contribution in [0.1, 0.15) is 17.2 Å². The normalized spacial score (nSPS) is 16.3. The third-order valence-electron chi connectivity index (χ3n) is 4.01. The van der Waals surface area contributed by atoms with Crippen molar-refractivity contribution in [2.45, 2.75) is 32.7 Å². The van der Waals surface area contributed by atoms with E-state index in [0.29, 0.717) is 18.7 Å². The molecule has 1 aromatic heterocycles. The lowest BCUT2D eigenvalue weighted by Gasteiger charge is -2.29. The molecule has 6 nitrogen and oxygen atoms in total. The number of ether oxygens (including phenoxy) is 1. The number of aromatic nitrogens is 3. The number of hydrogen-bond donors (Lipinski definition) is 1. The Labute approximate surface area is 134 Å². The van der Waals surface area contributed by atoms with Gasteiger partial charge in [-0.25, -0.2) is 4.39 Å². The second kappa shape index (κ2) is 7.16. The van der Waals surface area contributed by atoms with E-state index in [4.69, 9.17) is 4.74 Å². The Kier molecular flexibility index (Phi) is 5.00. The Hall–Kier alpha value is -1.83. The zero-order chi connectivity index (χ0) is 16.2. The quantitative estimate of drug-likeness (QED) is 0.864. The fourth-order valence-electron chi connectivity index (χ4n) is 2.78. The molecule has 0 bridgehead atoms. The first-order valence-electron chi connectivity index (χ1n) is 7.73. The predicted octanol–water partition coefficient (Wildman–Crippen LogP) is 1.12. The maximum Gasteiger partial charge on any atom is 0.147 e. The van der Waals surface area contributed by atoms with E-state index in [1.807, 2.05) is 6.92 Å². The molecule has 2 heterocycles. The molecule has 3 rings (SSSR count). The lowest BCUT2D eigenvalue weighted by molar-refractivity contribution is 0.00466. The lowest BCUT2D eigenvalue weighted by Crippen LogP contribution is -2.40. The van der Waals surface area contributed by atoms with Gasteiger partial charge in [-0.15, -0.1) is 10.2 Å². The molecule has 0 radical (unpaired) electrons. The van der Waals surface area contributed by atoms with Gasteiger partial charge in [0.2, 0.25) is 0 Å². The molecule has 1 aliphatic heterocycles. The van der Waals surface area contributed by atoms with Crippen molar-refractivity contribution in [1.82, 2.24) is 19.7 Å². The Morgan fingerprint density at radius 3 is 2.96 bits per heavy atom. The zero-order valence-corrected chi connectivity index (χ0v) is 13.2. The highest BCUT2D eigenvalue weighted by molar-refractivity contribution is 5.16. The summed E-state index contributed by atoms with van der Waals surface area (Å²) in [6.07, 6.45) is -0.614. The van der Waals surface area contributed by atoms with E-state index in [0.717, 1.165) is 24.7 Å². The fourth-order valence-corrected chi connectivity index (χ4v) is 2.78. The van der Waals surface area contributed by atoms with Crippen LogP contribution in [0.25, 0.3) is 0 Å². The summed E-state index contributed by atoms with van der Waals surface area (Å²) in [5.41, 5.74) is 0.501. The van der Waals surface area contributed by atoms with Crippen LogP contribution < -0.4 is 0 Å². The molecule has 0 saturated carbocycles. The lowest BCUT2D eigenvalue weighted by atomic mass is 10.2. The van der Waals surface area contributed by atoms with Gasteiger partial charge < -0.3 is 14.4 Å². The molecule has 0 saturated heterocycles. The van der Waals surface area contributed by atoms with Gasteiger partial charge in [0.15, 0.2) is 0 Å². The Balaban J connectivity index is 1.43. The van der Waals surface area contributed by atoms with Gasteiger partial charge in [0, 0.05) is 25.2 Å².